The Balaban J connectivity index is 2.05. The number of allylic oxidation sites excluding steroid dienone is 1. The lowest BCUT2D eigenvalue weighted by Crippen LogP contribution is -2.38. The lowest BCUT2D eigenvalue weighted by atomic mass is 10.2. The van der Waals surface area contributed by atoms with E-state index in [1.165, 1.54) is 6.08 Å². The first-order valence-electron chi connectivity index (χ1n) is 7.44. The Labute approximate surface area is 136 Å². The normalized spacial score (nSPS) is 13.7. The van der Waals surface area contributed by atoms with Crippen LogP contribution < -0.4 is 4.74 Å². The minimum absolute atomic E-state index is 0.212. The van der Waals surface area contributed by atoms with E-state index in [1.807, 2.05) is 36.4 Å². The topological polar surface area (TPSA) is 55.8 Å². The molecule has 120 valence electrons. The van der Waals surface area contributed by atoms with Crippen molar-refractivity contribution in [3.63, 3.8) is 0 Å². The molecule has 0 fully saturated rings. The minimum Gasteiger partial charge on any atom is -0.425 e. The Morgan fingerprint density at radius 2 is 1.70 bits per heavy atom. The second-order valence-corrected chi connectivity index (χ2v) is 4.97. The van der Waals surface area contributed by atoms with Gasteiger partial charge in [0, 0.05) is 0 Å². The van der Waals surface area contributed by atoms with Gasteiger partial charge in [-0.3, -0.25) is 0 Å². The fourth-order valence-corrected chi connectivity index (χ4v) is 2.03. The quantitative estimate of drug-likeness (QED) is 0.485. The average molecular weight is 312 g/mol. The molecular weight excluding hydrogens is 292 g/mol. The lowest BCUT2D eigenvalue weighted by Gasteiger charge is -2.20. The van der Waals surface area contributed by atoms with Crippen LogP contribution in [0.4, 0.5) is 0 Å². The van der Waals surface area contributed by atoms with E-state index >= 15 is 0 Å². The molecular formula is C19H20O4. The van der Waals surface area contributed by atoms with E-state index in [9.17, 15) is 9.90 Å². The van der Waals surface area contributed by atoms with Crippen LogP contribution in [0, 0.1) is 0 Å². The fourth-order valence-electron chi connectivity index (χ4n) is 2.03. The van der Waals surface area contributed by atoms with Crippen LogP contribution in [0.3, 0.4) is 0 Å². The van der Waals surface area contributed by atoms with Gasteiger partial charge in [0.2, 0.25) is 0 Å². The zero-order chi connectivity index (χ0) is 16.5. The van der Waals surface area contributed by atoms with Gasteiger partial charge in [0.15, 0.2) is 6.10 Å². The maximum absolute atomic E-state index is 12.3. The second kappa shape index (κ2) is 8.88. The van der Waals surface area contributed by atoms with Crippen molar-refractivity contribution in [2.75, 3.05) is 0 Å². The minimum atomic E-state index is -1.09. The molecule has 0 unspecified atom stereocenters. The highest BCUT2D eigenvalue weighted by Crippen LogP contribution is 2.14. The largest absolute Gasteiger partial charge is 0.425 e. The highest BCUT2D eigenvalue weighted by atomic mass is 16.6. The van der Waals surface area contributed by atoms with Crippen LogP contribution in [0.1, 0.15) is 12.5 Å². The van der Waals surface area contributed by atoms with Crippen LogP contribution in [0.2, 0.25) is 0 Å². The van der Waals surface area contributed by atoms with Crippen molar-refractivity contribution in [3.8, 4) is 5.75 Å². The van der Waals surface area contributed by atoms with Crippen molar-refractivity contribution in [1.82, 2.24) is 0 Å². The highest BCUT2D eigenvalue weighted by Gasteiger charge is 2.28. The summed E-state index contributed by atoms with van der Waals surface area (Å²) >= 11 is 0. The van der Waals surface area contributed by atoms with Crippen LogP contribution in [0.15, 0.2) is 72.8 Å². The molecule has 0 bridgehead atoms. The molecule has 23 heavy (non-hydrogen) atoms. The number of benzene rings is 2. The van der Waals surface area contributed by atoms with Gasteiger partial charge >= 0.3 is 5.97 Å². The third kappa shape index (κ3) is 5.36. The molecule has 0 saturated carbocycles. The van der Waals surface area contributed by atoms with E-state index in [4.69, 9.17) is 9.47 Å². The smallest absolute Gasteiger partial charge is 0.343 e. The summed E-state index contributed by atoms with van der Waals surface area (Å²) < 4.78 is 10.9. The Bertz CT molecular complexity index is 622. The van der Waals surface area contributed by atoms with Crippen LogP contribution in [0.5, 0.6) is 5.75 Å². The number of esters is 1. The first-order valence-corrected chi connectivity index (χ1v) is 7.44. The van der Waals surface area contributed by atoms with Crippen molar-refractivity contribution >= 4 is 5.97 Å². The molecule has 2 rings (SSSR count). The summed E-state index contributed by atoms with van der Waals surface area (Å²) in [7, 11) is 0. The molecule has 4 heteroatoms. The SMILES string of the molecule is C/C=C/[C@@H](O)[C@H](OCc1ccccc1)C(=O)Oc1ccccc1. The summed E-state index contributed by atoms with van der Waals surface area (Å²) in [6.45, 7) is 1.98. The van der Waals surface area contributed by atoms with E-state index in [1.54, 1.807) is 37.3 Å². The molecule has 1 N–H and O–H groups in total. The average Bonchev–Trinajstić information content (AvgIpc) is 2.57. The number of carbonyl (C=O) groups is 1. The second-order valence-electron chi connectivity index (χ2n) is 4.97. The molecule has 2 atom stereocenters. The van der Waals surface area contributed by atoms with Crippen LogP contribution in [-0.4, -0.2) is 23.3 Å². The molecule has 0 aliphatic carbocycles. The number of aliphatic hydroxyl groups is 1. The first-order chi connectivity index (χ1) is 11.2. The van der Waals surface area contributed by atoms with Gasteiger partial charge in [-0.25, -0.2) is 4.79 Å². The van der Waals surface area contributed by atoms with Crippen molar-refractivity contribution in [3.05, 3.63) is 78.4 Å². The van der Waals surface area contributed by atoms with E-state index in [2.05, 4.69) is 0 Å². The van der Waals surface area contributed by atoms with Crippen molar-refractivity contribution in [1.29, 1.82) is 0 Å². The molecule has 0 heterocycles. The predicted molar refractivity (Wildman–Crippen MR) is 87.9 cm³/mol. The molecule has 0 aliphatic rings. The predicted octanol–water partition coefficient (Wildman–Crippen LogP) is 3.11. The van der Waals surface area contributed by atoms with E-state index in [0.29, 0.717) is 5.75 Å². The number of carbonyl (C=O) groups excluding carboxylic acids is 1. The molecule has 0 saturated heterocycles. The fraction of sp³-hybridized carbons (Fsp3) is 0.211. The van der Waals surface area contributed by atoms with E-state index < -0.39 is 18.2 Å². The van der Waals surface area contributed by atoms with Gasteiger partial charge < -0.3 is 14.6 Å². The van der Waals surface area contributed by atoms with Gasteiger partial charge in [-0.05, 0) is 24.6 Å². The maximum Gasteiger partial charge on any atom is 0.343 e. The molecule has 0 radical (unpaired) electrons. The summed E-state index contributed by atoms with van der Waals surface area (Å²) in [6, 6.07) is 18.2. The van der Waals surface area contributed by atoms with Crippen LogP contribution in [0.25, 0.3) is 0 Å². The zero-order valence-electron chi connectivity index (χ0n) is 13.0. The molecule has 2 aromatic rings. The summed E-state index contributed by atoms with van der Waals surface area (Å²) in [5.74, 6) is -0.212. The first kappa shape index (κ1) is 16.9. The van der Waals surface area contributed by atoms with Gasteiger partial charge in [0.05, 0.1) is 6.61 Å². The standard InChI is InChI=1S/C19H20O4/c1-2-9-17(20)18(22-14-15-10-5-3-6-11-15)19(21)23-16-12-7-4-8-13-16/h2-13,17-18,20H,14H2,1H3/b9-2+/t17-,18+/m1/s1. The number of hydrogen-bond acceptors (Lipinski definition) is 4. The van der Waals surface area contributed by atoms with Crippen molar-refractivity contribution in [2.45, 2.75) is 25.7 Å². The summed E-state index contributed by atoms with van der Waals surface area (Å²) in [5, 5.41) is 10.1. The third-order valence-electron chi connectivity index (χ3n) is 3.17. The Hall–Kier alpha value is -2.43. The third-order valence-corrected chi connectivity index (χ3v) is 3.17. The highest BCUT2D eigenvalue weighted by molar-refractivity contribution is 5.78. The molecule has 2 aromatic carbocycles. The van der Waals surface area contributed by atoms with Crippen LogP contribution in [-0.2, 0) is 16.1 Å². The lowest BCUT2D eigenvalue weighted by molar-refractivity contribution is -0.154. The van der Waals surface area contributed by atoms with Gasteiger partial charge in [0.25, 0.3) is 0 Å². The van der Waals surface area contributed by atoms with Crippen molar-refractivity contribution < 1.29 is 19.4 Å². The van der Waals surface area contributed by atoms with E-state index in [0.717, 1.165) is 5.56 Å². The summed E-state index contributed by atoms with van der Waals surface area (Å²) in [6.07, 6.45) is 1.01. The summed E-state index contributed by atoms with van der Waals surface area (Å²) in [5.41, 5.74) is 0.915. The van der Waals surface area contributed by atoms with E-state index in [-0.39, 0.29) is 6.61 Å². The van der Waals surface area contributed by atoms with Crippen LogP contribution >= 0.6 is 0 Å². The zero-order valence-corrected chi connectivity index (χ0v) is 13.0. The van der Waals surface area contributed by atoms with Gasteiger partial charge in [-0.15, -0.1) is 0 Å². The Morgan fingerprint density at radius 1 is 1.09 bits per heavy atom. The number of ether oxygens (including phenoxy) is 2. The van der Waals surface area contributed by atoms with Gasteiger partial charge in [0.1, 0.15) is 11.9 Å². The molecule has 0 spiro atoms. The number of hydrogen-bond donors (Lipinski definition) is 1. The molecule has 4 nitrogen and oxygen atoms in total. The number of para-hydroxylation sites is 1. The number of rotatable bonds is 7. The number of aliphatic hydroxyl groups excluding tert-OH is 1. The van der Waals surface area contributed by atoms with Gasteiger partial charge in [-0.2, -0.15) is 0 Å². The Kier molecular flexibility index (Phi) is 6.54. The molecule has 0 aromatic heterocycles. The summed E-state index contributed by atoms with van der Waals surface area (Å²) in [4.78, 5) is 12.3. The monoisotopic (exact) mass is 312 g/mol. The molecule has 0 amide bonds. The maximum atomic E-state index is 12.3. The van der Waals surface area contributed by atoms with Crippen molar-refractivity contribution in [2.24, 2.45) is 0 Å². The Morgan fingerprint density at radius 3 is 2.30 bits per heavy atom. The molecule has 0 aliphatic heterocycles. The van der Waals surface area contributed by atoms with Gasteiger partial charge in [-0.1, -0.05) is 60.7 Å².